The van der Waals surface area contributed by atoms with Crippen LogP contribution in [-0.4, -0.2) is 36.4 Å². The summed E-state index contributed by atoms with van der Waals surface area (Å²) < 4.78 is 70.9. The van der Waals surface area contributed by atoms with Crippen LogP contribution in [0.5, 0.6) is 0 Å². The van der Waals surface area contributed by atoms with Crippen LogP contribution in [0.3, 0.4) is 0 Å². The minimum Gasteiger partial charge on any atom is -0.385 e. The fourth-order valence-electron chi connectivity index (χ4n) is 2.83. The molecule has 1 aromatic heterocycles. The lowest BCUT2D eigenvalue weighted by molar-refractivity contribution is -0.137. The summed E-state index contributed by atoms with van der Waals surface area (Å²) >= 11 is 5.76. The first-order valence-corrected chi connectivity index (χ1v) is 8.75. The Kier molecular flexibility index (Phi) is 5.95. The zero-order valence-electron chi connectivity index (χ0n) is 15.0. The molecular weight excluding hydrogens is 435 g/mol. The first-order chi connectivity index (χ1) is 14.0. The molecule has 1 unspecified atom stereocenters. The molecule has 1 atom stereocenters. The molecule has 12 heteroatoms. The number of alkyl halides is 5. The van der Waals surface area contributed by atoms with E-state index in [1.54, 1.807) is 0 Å². The average molecular weight is 449 g/mol. The average Bonchev–Trinajstić information content (AvgIpc) is 2.67. The third kappa shape index (κ3) is 4.36. The van der Waals surface area contributed by atoms with Crippen molar-refractivity contribution in [3.8, 4) is 0 Å². The van der Waals surface area contributed by atoms with Gasteiger partial charge in [0.25, 0.3) is 12.3 Å². The molecule has 1 aromatic carbocycles. The Bertz CT molecular complexity index is 999. The third-order valence-electron chi connectivity index (χ3n) is 4.28. The van der Waals surface area contributed by atoms with E-state index in [2.05, 4.69) is 15.3 Å². The lowest BCUT2D eigenvalue weighted by Gasteiger charge is -2.33. The Hall–Kier alpha value is -2.79. The SMILES string of the molecule is NC1=NC(c2cccc(NC(=O)c3ncc(C(F)(F)F)cc3Cl)c2)(C(F)F)COC1. The predicted octanol–water partition coefficient (Wildman–Crippen LogP) is 3.85. The molecule has 0 aliphatic carbocycles. The molecule has 1 aliphatic heterocycles. The number of aromatic nitrogens is 1. The van der Waals surface area contributed by atoms with Crippen molar-refractivity contribution in [3.63, 3.8) is 0 Å². The van der Waals surface area contributed by atoms with Crippen LogP contribution in [0, 0.1) is 0 Å². The predicted molar refractivity (Wildman–Crippen MR) is 98.8 cm³/mol. The lowest BCUT2D eigenvalue weighted by atomic mass is 9.90. The van der Waals surface area contributed by atoms with Crippen LogP contribution in [0.4, 0.5) is 27.6 Å². The number of rotatable bonds is 4. The number of pyridine rings is 1. The molecule has 0 saturated carbocycles. The van der Waals surface area contributed by atoms with E-state index in [9.17, 15) is 26.7 Å². The van der Waals surface area contributed by atoms with Gasteiger partial charge in [-0.1, -0.05) is 23.7 Å². The molecule has 1 aliphatic rings. The molecule has 0 spiro atoms. The Labute approximate surface area is 171 Å². The fraction of sp³-hybridized carbons (Fsp3) is 0.278. The van der Waals surface area contributed by atoms with E-state index in [4.69, 9.17) is 22.1 Å². The first kappa shape index (κ1) is 21.9. The number of aliphatic imine (C=N–C) groups is 1. The van der Waals surface area contributed by atoms with Gasteiger partial charge < -0.3 is 15.8 Å². The molecule has 2 heterocycles. The Morgan fingerprint density at radius 1 is 1.30 bits per heavy atom. The summed E-state index contributed by atoms with van der Waals surface area (Å²) in [6.45, 7) is -0.502. The second kappa shape index (κ2) is 8.15. The third-order valence-corrected chi connectivity index (χ3v) is 4.57. The molecule has 0 fully saturated rings. The van der Waals surface area contributed by atoms with Gasteiger partial charge in [-0.15, -0.1) is 0 Å². The molecular formula is C18H14ClF5N4O2. The van der Waals surface area contributed by atoms with E-state index >= 15 is 0 Å². The smallest absolute Gasteiger partial charge is 0.385 e. The summed E-state index contributed by atoms with van der Waals surface area (Å²) in [4.78, 5) is 19.7. The van der Waals surface area contributed by atoms with E-state index < -0.39 is 46.9 Å². The number of ether oxygens (including phenoxy) is 1. The van der Waals surface area contributed by atoms with E-state index in [1.165, 1.54) is 24.3 Å². The number of halogens is 6. The Morgan fingerprint density at radius 3 is 2.63 bits per heavy atom. The molecule has 0 saturated heterocycles. The minimum absolute atomic E-state index is 0.0319. The van der Waals surface area contributed by atoms with Gasteiger partial charge in [0, 0.05) is 11.9 Å². The number of amides is 1. The van der Waals surface area contributed by atoms with Crippen LogP contribution in [0.15, 0.2) is 41.5 Å². The van der Waals surface area contributed by atoms with Crippen LogP contribution in [-0.2, 0) is 16.5 Å². The number of hydrogen-bond donors (Lipinski definition) is 2. The number of anilines is 1. The fourth-order valence-corrected chi connectivity index (χ4v) is 3.09. The molecule has 3 N–H and O–H groups in total. The van der Waals surface area contributed by atoms with Gasteiger partial charge in [-0.3, -0.25) is 9.79 Å². The largest absolute Gasteiger partial charge is 0.417 e. The van der Waals surface area contributed by atoms with Crippen LogP contribution < -0.4 is 11.1 Å². The van der Waals surface area contributed by atoms with Gasteiger partial charge >= 0.3 is 6.18 Å². The van der Waals surface area contributed by atoms with Gasteiger partial charge in [0.15, 0.2) is 5.54 Å². The van der Waals surface area contributed by atoms with E-state index in [0.717, 1.165) is 0 Å². The Balaban J connectivity index is 1.89. The number of nitrogens with two attached hydrogens (primary N) is 1. The second-order valence-corrected chi connectivity index (χ2v) is 6.82. The number of amidine groups is 1. The molecule has 160 valence electrons. The van der Waals surface area contributed by atoms with Crippen molar-refractivity contribution in [2.75, 3.05) is 18.5 Å². The Morgan fingerprint density at radius 2 is 2.03 bits per heavy atom. The van der Waals surface area contributed by atoms with Crippen molar-refractivity contribution >= 4 is 29.0 Å². The van der Waals surface area contributed by atoms with E-state index in [0.29, 0.717) is 12.3 Å². The summed E-state index contributed by atoms with van der Waals surface area (Å²) in [7, 11) is 0. The molecule has 6 nitrogen and oxygen atoms in total. The van der Waals surface area contributed by atoms with Crippen molar-refractivity contribution in [1.29, 1.82) is 0 Å². The molecule has 2 aromatic rings. The summed E-state index contributed by atoms with van der Waals surface area (Å²) in [5, 5.41) is 1.86. The minimum atomic E-state index is -4.67. The topological polar surface area (TPSA) is 89.6 Å². The maximum atomic E-state index is 13.8. The zero-order valence-corrected chi connectivity index (χ0v) is 15.8. The van der Waals surface area contributed by atoms with Gasteiger partial charge in [0.1, 0.15) is 18.1 Å². The molecule has 0 radical (unpaired) electrons. The highest BCUT2D eigenvalue weighted by Gasteiger charge is 2.44. The molecule has 30 heavy (non-hydrogen) atoms. The maximum Gasteiger partial charge on any atom is 0.417 e. The van der Waals surface area contributed by atoms with Crippen molar-refractivity contribution < 1.29 is 31.5 Å². The normalized spacial score (nSPS) is 19.5. The van der Waals surface area contributed by atoms with E-state index in [-0.39, 0.29) is 23.7 Å². The maximum absolute atomic E-state index is 13.8. The monoisotopic (exact) mass is 448 g/mol. The molecule has 0 bridgehead atoms. The van der Waals surface area contributed by atoms with Crippen LogP contribution in [0.2, 0.25) is 5.02 Å². The zero-order chi connectivity index (χ0) is 22.1. The second-order valence-electron chi connectivity index (χ2n) is 6.41. The van der Waals surface area contributed by atoms with Crippen LogP contribution in [0.25, 0.3) is 0 Å². The summed E-state index contributed by atoms with van der Waals surface area (Å²) in [6.07, 6.45) is -7.15. The van der Waals surface area contributed by atoms with Gasteiger partial charge in [0.2, 0.25) is 0 Å². The highest BCUT2D eigenvalue weighted by atomic mass is 35.5. The van der Waals surface area contributed by atoms with Crippen molar-refractivity contribution in [1.82, 2.24) is 4.98 Å². The quantitative estimate of drug-likeness (QED) is 0.695. The first-order valence-electron chi connectivity index (χ1n) is 8.37. The van der Waals surface area contributed by atoms with Gasteiger partial charge in [-0.25, -0.2) is 13.8 Å². The molecule has 1 amide bonds. The van der Waals surface area contributed by atoms with Crippen molar-refractivity contribution in [3.05, 3.63) is 58.4 Å². The number of nitrogens with one attached hydrogen (secondary N) is 1. The summed E-state index contributed by atoms with van der Waals surface area (Å²) in [5.41, 5.74) is 2.05. The van der Waals surface area contributed by atoms with Crippen LogP contribution in [0.1, 0.15) is 21.6 Å². The van der Waals surface area contributed by atoms with Crippen molar-refractivity contribution in [2.24, 2.45) is 10.7 Å². The highest BCUT2D eigenvalue weighted by Crippen LogP contribution is 2.36. The standard InChI is InChI=1S/C18H14ClF5N4O2/c19-12-5-10(18(22,23)24)6-26-14(12)15(29)27-11-3-1-2-9(4-11)17(16(20)21)8-30-7-13(25)28-17/h1-6,16H,7-8H2,(H2,25,28)(H,27,29). The van der Waals surface area contributed by atoms with E-state index in [1.807, 2.05) is 0 Å². The lowest BCUT2D eigenvalue weighted by Crippen LogP contribution is -2.44. The number of benzene rings is 1. The number of carbonyl (C=O) groups is 1. The van der Waals surface area contributed by atoms with Gasteiger partial charge in [-0.2, -0.15) is 13.2 Å². The van der Waals surface area contributed by atoms with Gasteiger partial charge in [-0.05, 0) is 23.8 Å². The van der Waals surface area contributed by atoms with Crippen molar-refractivity contribution in [2.45, 2.75) is 18.1 Å². The van der Waals surface area contributed by atoms with Gasteiger partial charge in [0.05, 0.1) is 17.2 Å². The highest BCUT2D eigenvalue weighted by molar-refractivity contribution is 6.34. The summed E-state index contributed by atoms with van der Waals surface area (Å²) in [6, 6.07) is 5.99. The number of nitrogens with zero attached hydrogens (tertiary/aromatic N) is 2. The van der Waals surface area contributed by atoms with Crippen LogP contribution >= 0.6 is 11.6 Å². The molecule has 3 rings (SSSR count). The summed E-state index contributed by atoms with van der Waals surface area (Å²) in [5.74, 6) is -1.02. The number of hydrogen-bond acceptors (Lipinski definition) is 5. The number of carbonyl (C=O) groups excluding carboxylic acids is 1.